The Morgan fingerprint density at radius 3 is 2.25 bits per heavy atom. The van der Waals surface area contributed by atoms with Crippen LogP contribution in [0.2, 0.25) is 0 Å². The van der Waals surface area contributed by atoms with Gasteiger partial charge in [0, 0.05) is 12.1 Å². The largest absolute Gasteiger partial charge is 0.387 e. The number of nitrogens with zero attached hydrogens (tertiary/aromatic N) is 1. The number of benzene rings is 1. The van der Waals surface area contributed by atoms with Crippen molar-refractivity contribution in [2.24, 2.45) is 5.41 Å². The molecule has 5 heteroatoms. The van der Waals surface area contributed by atoms with Crippen molar-refractivity contribution in [3.05, 3.63) is 39.9 Å². The average molecular weight is 223 g/mol. The van der Waals surface area contributed by atoms with Crippen LogP contribution < -0.4 is 0 Å². The zero-order valence-electron chi connectivity index (χ0n) is 9.08. The Hall–Kier alpha value is -1.75. The number of non-ortho nitro benzene ring substituents is 1. The number of hydrogen-bond donors (Lipinski definition) is 1. The first-order valence-corrected chi connectivity index (χ1v) is 4.77. The molecule has 16 heavy (non-hydrogen) atoms. The van der Waals surface area contributed by atoms with E-state index in [0.717, 1.165) is 0 Å². The minimum atomic E-state index is -0.967. The number of hydrogen-bond acceptors (Lipinski definition) is 4. The molecule has 0 aliphatic heterocycles. The van der Waals surface area contributed by atoms with Crippen LogP contribution in [0.3, 0.4) is 0 Å². The summed E-state index contributed by atoms with van der Waals surface area (Å²) in [7, 11) is 0. The van der Waals surface area contributed by atoms with Crippen molar-refractivity contribution in [1.29, 1.82) is 0 Å². The summed E-state index contributed by atoms with van der Waals surface area (Å²) in [5, 5.41) is 20.3. The molecular formula is C11H13NO4. The smallest absolute Gasteiger partial charge is 0.269 e. The summed E-state index contributed by atoms with van der Waals surface area (Å²) in [6, 6.07) is 5.51. The topological polar surface area (TPSA) is 80.4 Å². The van der Waals surface area contributed by atoms with Crippen molar-refractivity contribution < 1.29 is 14.8 Å². The van der Waals surface area contributed by atoms with Gasteiger partial charge in [-0.15, -0.1) is 0 Å². The van der Waals surface area contributed by atoms with Gasteiger partial charge in [-0.2, -0.15) is 0 Å². The number of nitro benzene ring substituents is 1. The Labute approximate surface area is 92.9 Å². The van der Waals surface area contributed by atoms with Gasteiger partial charge in [0.05, 0.1) is 16.4 Å². The summed E-state index contributed by atoms with van der Waals surface area (Å²) in [4.78, 5) is 20.7. The predicted molar refractivity (Wildman–Crippen MR) is 57.9 cm³/mol. The van der Waals surface area contributed by atoms with E-state index in [2.05, 4.69) is 0 Å². The Morgan fingerprint density at radius 1 is 1.38 bits per heavy atom. The SMILES string of the molecule is CC(C)(C=O)[C@@H](O)c1ccc([N+](=O)[O-])cc1. The van der Waals surface area contributed by atoms with E-state index in [0.29, 0.717) is 11.8 Å². The van der Waals surface area contributed by atoms with Gasteiger partial charge in [0.15, 0.2) is 0 Å². The van der Waals surface area contributed by atoms with E-state index >= 15 is 0 Å². The summed E-state index contributed by atoms with van der Waals surface area (Å²) in [6.07, 6.45) is -0.301. The lowest BCUT2D eigenvalue weighted by molar-refractivity contribution is -0.384. The third-order valence-corrected chi connectivity index (χ3v) is 2.43. The lowest BCUT2D eigenvalue weighted by Gasteiger charge is -2.24. The maximum absolute atomic E-state index is 10.7. The van der Waals surface area contributed by atoms with Crippen LogP contribution in [0.4, 0.5) is 5.69 Å². The second kappa shape index (κ2) is 4.40. The molecule has 0 saturated heterocycles. The molecule has 0 heterocycles. The number of rotatable bonds is 4. The highest BCUT2D eigenvalue weighted by Crippen LogP contribution is 2.31. The first kappa shape index (κ1) is 12.3. The number of nitro groups is 1. The zero-order chi connectivity index (χ0) is 12.3. The zero-order valence-corrected chi connectivity index (χ0v) is 9.08. The molecule has 0 aliphatic rings. The van der Waals surface area contributed by atoms with Gasteiger partial charge >= 0.3 is 0 Å². The highest BCUT2D eigenvalue weighted by molar-refractivity contribution is 5.60. The second-order valence-electron chi connectivity index (χ2n) is 4.19. The Morgan fingerprint density at radius 2 is 1.88 bits per heavy atom. The van der Waals surface area contributed by atoms with E-state index in [1.54, 1.807) is 13.8 Å². The first-order chi connectivity index (χ1) is 7.38. The van der Waals surface area contributed by atoms with E-state index in [4.69, 9.17) is 0 Å². The molecule has 0 aromatic heterocycles. The lowest BCUT2D eigenvalue weighted by Crippen LogP contribution is -2.23. The normalized spacial score (nSPS) is 13.2. The molecule has 86 valence electrons. The van der Waals surface area contributed by atoms with Crippen LogP contribution in [-0.4, -0.2) is 16.3 Å². The van der Waals surface area contributed by atoms with Crippen molar-refractivity contribution in [1.82, 2.24) is 0 Å². The van der Waals surface area contributed by atoms with Gasteiger partial charge < -0.3 is 9.90 Å². The molecule has 1 N–H and O–H groups in total. The average Bonchev–Trinajstić information content (AvgIpc) is 2.28. The molecule has 0 radical (unpaired) electrons. The van der Waals surface area contributed by atoms with Crippen LogP contribution in [0.1, 0.15) is 25.5 Å². The third kappa shape index (κ3) is 2.43. The maximum Gasteiger partial charge on any atom is 0.269 e. The lowest BCUT2D eigenvalue weighted by atomic mass is 9.84. The molecule has 1 atom stereocenters. The monoisotopic (exact) mass is 223 g/mol. The van der Waals surface area contributed by atoms with Gasteiger partial charge in [0.2, 0.25) is 0 Å². The highest BCUT2D eigenvalue weighted by Gasteiger charge is 2.28. The van der Waals surface area contributed by atoms with Gasteiger partial charge in [-0.3, -0.25) is 10.1 Å². The summed E-state index contributed by atoms with van der Waals surface area (Å²) in [5.41, 5.74) is -0.460. The quantitative estimate of drug-likeness (QED) is 0.480. The number of aliphatic hydroxyl groups excluding tert-OH is 1. The van der Waals surface area contributed by atoms with Crippen molar-refractivity contribution >= 4 is 12.0 Å². The van der Waals surface area contributed by atoms with E-state index < -0.39 is 16.4 Å². The first-order valence-electron chi connectivity index (χ1n) is 4.77. The van der Waals surface area contributed by atoms with Crippen LogP contribution in [0, 0.1) is 15.5 Å². The van der Waals surface area contributed by atoms with Gasteiger partial charge in [-0.05, 0) is 17.7 Å². The van der Waals surface area contributed by atoms with Crippen molar-refractivity contribution in [2.45, 2.75) is 20.0 Å². The molecule has 5 nitrogen and oxygen atoms in total. The van der Waals surface area contributed by atoms with Crippen molar-refractivity contribution in [2.75, 3.05) is 0 Å². The van der Waals surface area contributed by atoms with Crippen LogP contribution in [0.5, 0.6) is 0 Å². The van der Waals surface area contributed by atoms with Crippen molar-refractivity contribution in [3.63, 3.8) is 0 Å². The number of carbonyl (C=O) groups excluding carboxylic acids is 1. The van der Waals surface area contributed by atoms with Gasteiger partial charge in [-0.25, -0.2) is 0 Å². The fourth-order valence-corrected chi connectivity index (χ4v) is 1.27. The van der Waals surface area contributed by atoms with Crippen LogP contribution >= 0.6 is 0 Å². The molecule has 0 bridgehead atoms. The van der Waals surface area contributed by atoms with Crippen molar-refractivity contribution in [3.8, 4) is 0 Å². The maximum atomic E-state index is 10.7. The minimum Gasteiger partial charge on any atom is -0.387 e. The van der Waals surface area contributed by atoms with Gasteiger partial charge in [-0.1, -0.05) is 13.8 Å². The Kier molecular flexibility index (Phi) is 3.39. The van der Waals surface area contributed by atoms with Gasteiger partial charge in [0.25, 0.3) is 5.69 Å². The fraction of sp³-hybridized carbons (Fsp3) is 0.364. The summed E-state index contributed by atoms with van der Waals surface area (Å²) in [5.74, 6) is 0. The minimum absolute atomic E-state index is 0.0418. The van der Waals surface area contributed by atoms with Crippen LogP contribution in [-0.2, 0) is 4.79 Å². The summed E-state index contributed by atoms with van der Waals surface area (Å²) in [6.45, 7) is 3.21. The molecule has 0 fully saturated rings. The second-order valence-corrected chi connectivity index (χ2v) is 4.19. The number of aliphatic hydroxyl groups is 1. The molecule has 1 rings (SSSR count). The molecule has 0 aliphatic carbocycles. The highest BCUT2D eigenvalue weighted by atomic mass is 16.6. The molecular weight excluding hydrogens is 210 g/mol. The number of carbonyl (C=O) groups is 1. The molecule has 0 unspecified atom stereocenters. The van der Waals surface area contributed by atoms with Crippen LogP contribution in [0.15, 0.2) is 24.3 Å². The Bertz CT molecular complexity index is 397. The summed E-state index contributed by atoms with van der Waals surface area (Å²) < 4.78 is 0. The molecule has 0 amide bonds. The predicted octanol–water partition coefficient (Wildman–Crippen LogP) is 1.85. The molecule has 1 aromatic rings. The van der Waals surface area contributed by atoms with E-state index in [9.17, 15) is 20.0 Å². The van der Waals surface area contributed by atoms with E-state index in [1.165, 1.54) is 24.3 Å². The molecule has 0 saturated carbocycles. The van der Waals surface area contributed by atoms with Crippen LogP contribution in [0.25, 0.3) is 0 Å². The van der Waals surface area contributed by atoms with E-state index in [1.807, 2.05) is 0 Å². The summed E-state index contributed by atoms with van der Waals surface area (Å²) >= 11 is 0. The molecule has 0 spiro atoms. The fourth-order valence-electron chi connectivity index (χ4n) is 1.27. The Balaban J connectivity index is 2.98. The standard InChI is InChI=1S/C11H13NO4/c1-11(2,7-13)10(14)8-3-5-9(6-4-8)12(15)16/h3-7,10,14H,1-2H3/t10-/m0/s1. The number of aldehydes is 1. The van der Waals surface area contributed by atoms with Gasteiger partial charge in [0.1, 0.15) is 6.29 Å². The molecule has 1 aromatic carbocycles. The third-order valence-electron chi connectivity index (χ3n) is 2.43. The van der Waals surface area contributed by atoms with E-state index in [-0.39, 0.29) is 5.69 Å².